The minimum atomic E-state index is -0.379. The highest BCUT2D eigenvalue weighted by atomic mass is 16.2. The Balaban J connectivity index is 1.98. The lowest BCUT2D eigenvalue weighted by Crippen LogP contribution is -2.58. The topological polar surface area (TPSA) is 40.6 Å². The monoisotopic (exact) mass is 314 g/mol. The molecule has 1 aliphatic heterocycles. The second kappa shape index (κ2) is 7.95. The molecule has 0 radical (unpaired) electrons. The van der Waals surface area contributed by atoms with Crippen molar-refractivity contribution in [2.45, 2.75) is 46.2 Å². The molecular formula is C19H26N2O2. The van der Waals surface area contributed by atoms with E-state index in [0.717, 1.165) is 18.4 Å². The lowest BCUT2D eigenvalue weighted by atomic mass is 10.1. The van der Waals surface area contributed by atoms with Crippen molar-refractivity contribution in [2.24, 2.45) is 0 Å². The summed E-state index contributed by atoms with van der Waals surface area (Å²) < 4.78 is 0. The number of hydrogen-bond acceptors (Lipinski definition) is 2. The number of nitrogens with zero attached hydrogens (tertiary/aromatic N) is 2. The van der Waals surface area contributed by atoms with Gasteiger partial charge in [0.1, 0.15) is 12.6 Å². The van der Waals surface area contributed by atoms with Crippen LogP contribution in [-0.4, -0.2) is 40.7 Å². The van der Waals surface area contributed by atoms with Crippen LogP contribution < -0.4 is 0 Å². The van der Waals surface area contributed by atoms with Crippen LogP contribution in [0, 0.1) is 0 Å². The van der Waals surface area contributed by atoms with Crippen LogP contribution in [0.1, 0.15) is 39.2 Å². The normalized spacial score (nSPS) is 19.4. The number of benzene rings is 1. The summed E-state index contributed by atoms with van der Waals surface area (Å²) in [7, 11) is 0. The molecule has 1 aromatic rings. The van der Waals surface area contributed by atoms with Crippen molar-refractivity contribution < 1.29 is 9.59 Å². The van der Waals surface area contributed by atoms with E-state index >= 15 is 0 Å². The molecule has 0 aromatic heterocycles. The molecule has 1 aromatic carbocycles. The van der Waals surface area contributed by atoms with Gasteiger partial charge in [-0.25, -0.2) is 0 Å². The average Bonchev–Trinajstić information content (AvgIpc) is 2.56. The van der Waals surface area contributed by atoms with Crippen LogP contribution in [0.4, 0.5) is 0 Å². The highest BCUT2D eigenvalue weighted by Crippen LogP contribution is 2.16. The Kier molecular flexibility index (Phi) is 5.97. The number of allylic oxidation sites excluding steroid dienone is 1. The van der Waals surface area contributed by atoms with E-state index in [-0.39, 0.29) is 24.4 Å². The van der Waals surface area contributed by atoms with Gasteiger partial charge in [-0.05, 0) is 32.3 Å². The molecule has 2 amide bonds. The van der Waals surface area contributed by atoms with Crippen molar-refractivity contribution in [1.82, 2.24) is 9.80 Å². The zero-order valence-electron chi connectivity index (χ0n) is 14.3. The van der Waals surface area contributed by atoms with Crippen LogP contribution in [0.15, 0.2) is 42.0 Å². The Morgan fingerprint density at radius 1 is 1.26 bits per heavy atom. The highest BCUT2D eigenvalue weighted by Gasteiger charge is 2.35. The van der Waals surface area contributed by atoms with E-state index in [1.165, 1.54) is 5.57 Å². The average molecular weight is 314 g/mol. The third kappa shape index (κ3) is 4.44. The van der Waals surface area contributed by atoms with Crippen LogP contribution in [0.5, 0.6) is 0 Å². The molecule has 0 saturated carbocycles. The van der Waals surface area contributed by atoms with Gasteiger partial charge in [0, 0.05) is 13.1 Å². The fraction of sp³-hybridized carbons (Fsp3) is 0.474. The lowest BCUT2D eigenvalue weighted by Gasteiger charge is -2.38. The summed E-state index contributed by atoms with van der Waals surface area (Å²) in [6.07, 6.45) is 3.98. The zero-order valence-corrected chi connectivity index (χ0v) is 14.3. The molecule has 23 heavy (non-hydrogen) atoms. The predicted molar refractivity (Wildman–Crippen MR) is 91.7 cm³/mol. The number of carbonyl (C=O) groups is 2. The van der Waals surface area contributed by atoms with Gasteiger partial charge in [-0.3, -0.25) is 9.59 Å². The van der Waals surface area contributed by atoms with Gasteiger partial charge in [-0.15, -0.1) is 0 Å². The van der Waals surface area contributed by atoms with Crippen LogP contribution in [-0.2, 0) is 16.1 Å². The second-order valence-corrected chi connectivity index (χ2v) is 6.14. The van der Waals surface area contributed by atoms with E-state index in [1.807, 2.05) is 37.3 Å². The van der Waals surface area contributed by atoms with Crippen molar-refractivity contribution in [2.75, 3.05) is 13.1 Å². The minimum absolute atomic E-state index is 0.0321. The maximum absolute atomic E-state index is 12.6. The first-order valence-electron chi connectivity index (χ1n) is 8.30. The van der Waals surface area contributed by atoms with Crippen LogP contribution >= 0.6 is 0 Å². The molecule has 1 fully saturated rings. The number of rotatable bonds is 6. The molecule has 0 N–H and O–H groups in total. The van der Waals surface area contributed by atoms with Crippen LogP contribution in [0.3, 0.4) is 0 Å². The van der Waals surface area contributed by atoms with Gasteiger partial charge in [0.05, 0.1) is 0 Å². The standard InChI is InChI=1S/C19H26N2O2/c1-4-15(2)9-8-12-21-16(3)19(23)20(14-18(21)22)13-17-10-6-5-7-11-17/h5-7,9-11,16H,4,8,12-14H2,1-3H3/b15-9+/t16-/m0/s1. The molecule has 4 nitrogen and oxygen atoms in total. The lowest BCUT2D eigenvalue weighted by molar-refractivity contribution is -0.155. The number of hydrogen-bond donors (Lipinski definition) is 0. The number of piperazine rings is 1. The molecular weight excluding hydrogens is 288 g/mol. The van der Waals surface area contributed by atoms with Crippen molar-refractivity contribution in [3.63, 3.8) is 0 Å². The quantitative estimate of drug-likeness (QED) is 0.757. The molecule has 1 atom stereocenters. The van der Waals surface area contributed by atoms with Gasteiger partial charge in [0.15, 0.2) is 0 Å². The fourth-order valence-electron chi connectivity index (χ4n) is 2.80. The summed E-state index contributed by atoms with van der Waals surface area (Å²) >= 11 is 0. The van der Waals surface area contributed by atoms with Crippen LogP contribution in [0.2, 0.25) is 0 Å². The molecule has 1 heterocycles. The van der Waals surface area contributed by atoms with E-state index in [2.05, 4.69) is 19.9 Å². The molecule has 1 saturated heterocycles. The van der Waals surface area contributed by atoms with Crippen molar-refractivity contribution in [3.05, 3.63) is 47.5 Å². The first kappa shape index (κ1) is 17.3. The van der Waals surface area contributed by atoms with Gasteiger partial charge in [-0.1, -0.05) is 48.9 Å². The van der Waals surface area contributed by atoms with E-state index in [4.69, 9.17) is 0 Å². The minimum Gasteiger partial charge on any atom is -0.329 e. The summed E-state index contributed by atoms with van der Waals surface area (Å²) in [6, 6.07) is 9.42. The first-order valence-corrected chi connectivity index (χ1v) is 8.30. The van der Waals surface area contributed by atoms with Gasteiger partial charge >= 0.3 is 0 Å². The largest absolute Gasteiger partial charge is 0.329 e. The predicted octanol–water partition coefficient (Wildman–Crippen LogP) is 2.99. The van der Waals surface area contributed by atoms with E-state index in [9.17, 15) is 9.59 Å². The summed E-state index contributed by atoms with van der Waals surface area (Å²) in [6.45, 7) is 7.32. The van der Waals surface area contributed by atoms with Gasteiger partial charge in [-0.2, -0.15) is 0 Å². The Hall–Kier alpha value is -2.10. The molecule has 0 spiro atoms. The Morgan fingerprint density at radius 2 is 1.96 bits per heavy atom. The summed E-state index contributed by atoms with van der Waals surface area (Å²) in [5.41, 5.74) is 2.37. The third-order valence-electron chi connectivity index (χ3n) is 4.42. The van der Waals surface area contributed by atoms with E-state index in [1.54, 1.807) is 9.80 Å². The molecule has 4 heteroatoms. The van der Waals surface area contributed by atoms with Gasteiger partial charge < -0.3 is 9.80 Å². The second-order valence-electron chi connectivity index (χ2n) is 6.14. The first-order chi connectivity index (χ1) is 11.0. The Morgan fingerprint density at radius 3 is 2.61 bits per heavy atom. The molecule has 0 bridgehead atoms. The van der Waals surface area contributed by atoms with Crippen molar-refractivity contribution >= 4 is 11.8 Å². The highest BCUT2D eigenvalue weighted by molar-refractivity contribution is 5.94. The molecule has 124 valence electrons. The number of carbonyl (C=O) groups excluding carboxylic acids is 2. The van der Waals surface area contributed by atoms with Crippen molar-refractivity contribution in [3.8, 4) is 0 Å². The maximum atomic E-state index is 12.6. The van der Waals surface area contributed by atoms with Gasteiger partial charge in [0.25, 0.3) is 0 Å². The molecule has 0 unspecified atom stereocenters. The Bertz CT molecular complexity index is 580. The summed E-state index contributed by atoms with van der Waals surface area (Å²) in [5, 5.41) is 0. The Labute approximate surface area is 138 Å². The maximum Gasteiger partial charge on any atom is 0.245 e. The SMILES string of the molecule is CC/C(C)=C/CCN1C(=O)CN(Cc2ccccc2)C(=O)[C@@H]1C. The van der Waals surface area contributed by atoms with Gasteiger partial charge in [0.2, 0.25) is 11.8 Å². The molecule has 1 aliphatic rings. The number of amides is 2. The summed E-state index contributed by atoms with van der Waals surface area (Å²) in [4.78, 5) is 28.3. The van der Waals surface area contributed by atoms with E-state index in [0.29, 0.717) is 13.1 Å². The van der Waals surface area contributed by atoms with Crippen LogP contribution in [0.25, 0.3) is 0 Å². The zero-order chi connectivity index (χ0) is 16.8. The van der Waals surface area contributed by atoms with Crippen molar-refractivity contribution in [1.29, 1.82) is 0 Å². The molecule has 0 aliphatic carbocycles. The van der Waals surface area contributed by atoms with E-state index < -0.39 is 0 Å². The molecule has 2 rings (SSSR count). The fourth-order valence-corrected chi connectivity index (χ4v) is 2.80. The summed E-state index contributed by atoms with van der Waals surface area (Å²) in [5.74, 6) is 0.0697. The third-order valence-corrected chi connectivity index (χ3v) is 4.42. The smallest absolute Gasteiger partial charge is 0.245 e.